The van der Waals surface area contributed by atoms with E-state index < -0.39 is 0 Å². The van der Waals surface area contributed by atoms with Gasteiger partial charge in [-0.1, -0.05) is 25.1 Å². The lowest BCUT2D eigenvalue weighted by Crippen LogP contribution is -2.31. The molecule has 1 amide bonds. The molecule has 1 atom stereocenters. The van der Waals surface area contributed by atoms with Crippen molar-refractivity contribution in [3.05, 3.63) is 51.7 Å². The summed E-state index contributed by atoms with van der Waals surface area (Å²) >= 11 is 1.68. The van der Waals surface area contributed by atoms with Crippen molar-refractivity contribution in [2.75, 3.05) is 0 Å². The van der Waals surface area contributed by atoms with Crippen molar-refractivity contribution >= 4 is 28.2 Å². The summed E-state index contributed by atoms with van der Waals surface area (Å²) < 4.78 is 5.91. The van der Waals surface area contributed by atoms with E-state index in [4.69, 9.17) is 4.42 Å². The largest absolute Gasteiger partial charge is 0.461 e. The monoisotopic (exact) mass is 354 g/mol. The highest BCUT2D eigenvalue weighted by molar-refractivity contribution is 7.11. The average molecular weight is 354 g/mol. The van der Waals surface area contributed by atoms with Gasteiger partial charge in [0.25, 0.3) is 0 Å². The van der Waals surface area contributed by atoms with E-state index >= 15 is 0 Å². The molecule has 1 aliphatic carbocycles. The fourth-order valence-electron chi connectivity index (χ4n) is 3.34. The first-order valence-corrected chi connectivity index (χ1v) is 9.68. The van der Waals surface area contributed by atoms with E-state index in [9.17, 15) is 4.79 Å². The first kappa shape index (κ1) is 16.3. The molecule has 1 N–H and O–H groups in total. The zero-order valence-corrected chi connectivity index (χ0v) is 15.4. The van der Waals surface area contributed by atoms with Crippen LogP contribution in [0.3, 0.4) is 0 Å². The van der Waals surface area contributed by atoms with Crippen LogP contribution in [0.2, 0.25) is 0 Å². The third-order valence-corrected chi connectivity index (χ3v) is 5.75. The standard InChI is InChI=1S/C20H22N2O2S/c1-3-16-15(14-6-4-5-7-17(14)24-16)10-18(23)22-19(13-8-9-13)20-21-11-12(2)25-20/h4-7,11,13,19H,3,8-10H2,1-2H3,(H,22,23). The Morgan fingerprint density at radius 1 is 1.40 bits per heavy atom. The molecule has 4 nitrogen and oxygen atoms in total. The summed E-state index contributed by atoms with van der Waals surface area (Å²) in [5.74, 6) is 1.48. The Morgan fingerprint density at radius 2 is 2.20 bits per heavy atom. The Morgan fingerprint density at radius 3 is 2.88 bits per heavy atom. The maximum Gasteiger partial charge on any atom is 0.225 e. The fraction of sp³-hybridized carbons (Fsp3) is 0.400. The molecule has 130 valence electrons. The minimum atomic E-state index is 0.0472. The molecule has 1 unspecified atom stereocenters. The highest BCUT2D eigenvalue weighted by Crippen LogP contribution is 2.42. The second-order valence-electron chi connectivity index (χ2n) is 6.72. The maximum atomic E-state index is 12.8. The van der Waals surface area contributed by atoms with Crippen LogP contribution in [0.15, 0.2) is 34.9 Å². The Kier molecular flexibility index (Phi) is 4.34. The van der Waals surface area contributed by atoms with Crippen LogP contribution in [-0.4, -0.2) is 10.9 Å². The number of aryl methyl sites for hydroxylation is 2. The van der Waals surface area contributed by atoms with Crippen LogP contribution in [0.1, 0.15) is 47.0 Å². The number of para-hydroxylation sites is 1. The Hall–Kier alpha value is -2.14. The summed E-state index contributed by atoms with van der Waals surface area (Å²) in [6.07, 6.45) is 5.36. The molecule has 5 heteroatoms. The number of nitrogens with one attached hydrogen (secondary N) is 1. The molecule has 4 rings (SSSR count). The molecular weight excluding hydrogens is 332 g/mol. The van der Waals surface area contributed by atoms with E-state index in [1.807, 2.05) is 30.5 Å². The molecule has 1 fully saturated rings. The van der Waals surface area contributed by atoms with Crippen LogP contribution in [0.25, 0.3) is 11.0 Å². The summed E-state index contributed by atoms with van der Waals surface area (Å²) in [4.78, 5) is 18.4. The second-order valence-corrected chi connectivity index (χ2v) is 7.99. The number of amides is 1. The Labute approximate surface area is 151 Å². The van der Waals surface area contributed by atoms with Crippen LogP contribution in [0, 0.1) is 12.8 Å². The molecular formula is C20H22N2O2S. The first-order valence-electron chi connectivity index (χ1n) is 8.86. The highest BCUT2D eigenvalue weighted by atomic mass is 32.1. The lowest BCUT2D eigenvalue weighted by atomic mass is 10.1. The molecule has 0 aliphatic heterocycles. The minimum Gasteiger partial charge on any atom is -0.461 e. The number of fused-ring (bicyclic) bond motifs is 1. The van der Waals surface area contributed by atoms with Gasteiger partial charge < -0.3 is 9.73 Å². The highest BCUT2D eigenvalue weighted by Gasteiger charge is 2.35. The Balaban J connectivity index is 1.55. The number of nitrogens with zero attached hydrogens (tertiary/aromatic N) is 1. The number of hydrogen-bond acceptors (Lipinski definition) is 4. The van der Waals surface area contributed by atoms with Crippen molar-refractivity contribution in [3.8, 4) is 0 Å². The summed E-state index contributed by atoms with van der Waals surface area (Å²) in [7, 11) is 0. The van der Waals surface area contributed by atoms with Gasteiger partial charge in [-0.15, -0.1) is 11.3 Å². The van der Waals surface area contributed by atoms with Crippen molar-refractivity contribution in [2.24, 2.45) is 5.92 Å². The summed E-state index contributed by atoms with van der Waals surface area (Å²) in [5, 5.41) is 5.30. The van der Waals surface area contributed by atoms with E-state index in [-0.39, 0.29) is 11.9 Å². The van der Waals surface area contributed by atoms with Crippen LogP contribution < -0.4 is 5.32 Å². The molecule has 1 aliphatic rings. The summed E-state index contributed by atoms with van der Waals surface area (Å²) in [6.45, 7) is 4.11. The van der Waals surface area contributed by atoms with Gasteiger partial charge in [0.15, 0.2) is 0 Å². The number of carbonyl (C=O) groups excluding carboxylic acids is 1. The van der Waals surface area contributed by atoms with Crippen molar-refractivity contribution < 1.29 is 9.21 Å². The average Bonchev–Trinajstić information content (AvgIpc) is 3.27. The third kappa shape index (κ3) is 3.33. The van der Waals surface area contributed by atoms with Gasteiger partial charge in [-0.05, 0) is 31.7 Å². The molecule has 3 aromatic rings. The van der Waals surface area contributed by atoms with E-state index in [0.717, 1.165) is 33.7 Å². The van der Waals surface area contributed by atoms with Crippen LogP contribution >= 0.6 is 11.3 Å². The molecule has 2 heterocycles. The van der Waals surface area contributed by atoms with Gasteiger partial charge in [0.1, 0.15) is 16.4 Å². The van der Waals surface area contributed by atoms with Crippen molar-refractivity contribution in [2.45, 2.75) is 45.6 Å². The molecule has 25 heavy (non-hydrogen) atoms. The van der Waals surface area contributed by atoms with E-state index in [1.54, 1.807) is 11.3 Å². The number of benzene rings is 1. The van der Waals surface area contributed by atoms with Crippen molar-refractivity contribution in [1.29, 1.82) is 0 Å². The first-order chi connectivity index (χ1) is 12.2. The molecule has 0 bridgehead atoms. The molecule has 0 spiro atoms. The van der Waals surface area contributed by atoms with Gasteiger partial charge in [-0.2, -0.15) is 0 Å². The molecule has 1 saturated carbocycles. The van der Waals surface area contributed by atoms with Crippen LogP contribution in [0.5, 0.6) is 0 Å². The predicted molar refractivity (Wildman–Crippen MR) is 99.8 cm³/mol. The third-order valence-electron chi connectivity index (χ3n) is 4.76. The quantitative estimate of drug-likeness (QED) is 0.705. The van der Waals surface area contributed by atoms with Crippen molar-refractivity contribution in [3.63, 3.8) is 0 Å². The fourth-order valence-corrected chi connectivity index (χ4v) is 4.26. The topological polar surface area (TPSA) is 55.1 Å². The van der Waals surface area contributed by atoms with Gasteiger partial charge in [-0.3, -0.25) is 4.79 Å². The lowest BCUT2D eigenvalue weighted by Gasteiger charge is -2.16. The van der Waals surface area contributed by atoms with Crippen LogP contribution in [0.4, 0.5) is 0 Å². The van der Waals surface area contributed by atoms with Crippen molar-refractivity contribution in [1.82, 2.24) is 10.3 Å². The van der Waals surface area contributed by atoms with E-state index in [0.29, 0.717) is 12.3 Å². The normalized spacial score (nSPS) is 15.4. The zero-order valence-electron chi connectivity index (χ0n) is 14.5. The van der Waals surface area contributed by atoms with E-state index in [2.05, 4.69) is 24.1 Å². The summed E-state index contributed by atoms with van der Waals surface area (Å²) in [6, 6.07) is 7.99. The van der Waals surface area contributed by atoms with Gasteiger partial charge in [-0.25, -0.2) is 4.98 Å². The molecule has 2 aromatic heterocycles. The summed E-state index contributed by atoms with van der Waals surface area (Å²) in [5.41, 5.74) is 1.87. The van der Waals surface area contributed by atoms with Gasteiger partial charge in [0, 0.05) is 28.4 Å². The lowest BCUT2D eigenvalue weighted by molar-refractivity contribution is -0.121. The molecule has 1 aromatic carbocycles. The molecule has 0 saturated heterocycles. The number of aromatic nitrogens is 1. The second kappa shape index (κ2) is 6.64. The number of hydrogen-bond donors (Lipinski definition) is 1. The maximum absolute atomic E-state index is 12.8. The number of thiazole rings is 1. The van der Waals surface area contributed by atoms with Crippen LogP contribution in [-0.2, 0) is 17.6 Å². The number of carbonyl (C=O) groups is 1. The zero-order chi connectivity index (χ0) is 17.4. The Bertz CT molecular complexity index is 907. The van der Waals surface area contributed by atoms with Gasteiger partial charge in [0.05, 0.1) is 12.5 Å². The number of furan rings is 1. The smallest absolute Gasteiger partial charge is 0.225 e. The molecule has 0 radical (unpaired) electrons. The van der Waals surface area contributed by atoms with Gasteiger partial charge in [0.2, 0.25) is 5.91 Å². The number of rotatable bonds is 6. The minimum absolute atomic E-state index is 0.0472. The van der Waals surface area contributed by atoms with Gasteiger partial charge >= 0.3 is 0 Å². The predicted octanol–water partition coefficient (Wildman–Crippen LogP) is 4.57. The SMILES string of the molecule is CCc1oc2ccccc2c1CC(=O)NC(c1ncc(C)s1)C1CC1. The van der Waals surface area contributed by atoms with E-state index in [1.165, 1.54) is 17.7 Å².